The normalized spacial score (nSPS) is 11.7. The number of rotatable bonds is 7. The van der Waals surface area contributed by atoms with Gasteiger partial charge in [-0.1, -0.05) is 0 Å². The average molecular weight is 253 g/mol. The fourth-order valence-electron chi connectivity index (χ4n) is 1.55. The number of anilines is 2. The van der Waals surface area contributed by atoms with Gasteiger partial charge in [0.25, 0.3) is 0 Å². The number of aromatic nitrogens is 2. The summed E-state index contributed by atoms with van der Waals surface area (Å²) < 4.78 is 5.27. The average Bonchev–Trinajstić information content (AvgIpc) is 2.28. The zero-order valence-electron chi connectivity index (χ0n) is 10.9. The first-order valence-electron chi connectivity index (χ1n) is 5.76. The maximum absolute atomic E-state index is 10.8. The summed E-state index contributed by atoms with van der Waals surface area (Å²) in [7, 11) is 1.55. The first-order valence-corrected chi connectivity index (χ1v) is 5.76. The topological polar surface area (TPSA) is 102 Å². The predicted molar refractivity (Wildman–Crippen MR) is 69.6 cm³/mol. The maximum atomic E-state index is 10.8. The smallest absolute Gasteiger partial charge is 0.219 e. The van der Waals surface area contributed by atoms with Crippen LogP contribution in [0.5, 0.6) is 5.75 Å². The monoisotopic (exact) mass is 253 g/mol. The minimum atomic E-state index is -0.366. The lowest BCUT2D eigenvalue weighted by molar-refractivity contribution is -0.118. The molecule has 0 aliphatic heterocycles. The van der Waals surface area contributed by atoms with Gasteiger partial charge in [-0.2, -0.15) is 0 Å². The standard InChI is InChI=1S/C11H19N5O2/c1-4-13-10-9(18-3)11(15-6-14-10)16-7(2)5-8(12)17/h6-7H,4-5H2,1-3H3,(H2,12,17)(H2,13,14,15,16). The third-order valence-electron chi connectivity index (χ3n) is 2.24. The molecule has 1 atom stereocenters. The largest absolute Gasteiger partial charge is 0.490 e. The van der Waals surface area contributed by atoms with Crippen LogP contribution >= 0.6 is 0 Å². The second kappa shape index (κ2) is 6.63. The number of hydrogen-bond acceptors (Lipinski definition) is 6. The van der Waals surface area contributed by atoms with Crippen molar-refractivity contribution in [3.8, 4) is 5.75 Å². The first-order chi connectivity index (χ1) is 8.58. The van der Waals surface area contributed by atoms with Gasteiger partial charge in [-0.15, -0.1) is 0 Å². The number of hydrogen-bond donors (Lipinski definition) is 3. The number of amides is 1. The van der Waals surface area contributed by atoms with Crippen molar-refractivity contribution in [2.45, 2.75) is 26.3 Å². The Balaban J connectivity index is 2.87. The Morgan fingerprint density at radius 3 is 2.72 bits per heavy atom. The van der Waals surface area contributed by atoms with Crippen molar-refractivity contribution in [3.63, 3.8) is 0 Å². The van der Waals surface area contributed by atoms with Crippen LogP contribution in [-0.2, 0) is 4.79 Å². The van der Waals surface area contributed by atoms with E-state index in [1.54, 1.807) is 7.11 Å². The molecule has 0 aromatic carbocycles. The van der Waals surface area contributed by atoms with Crippen molar-refractivity contribution < 1.29 is 9.53 Å². The first kappa shape index (κ1) is 14.0. The summed E-state index contributed by atoms with van der Waals surface area (Å²) in [5.41, 5.74) is 5.14. The third-order valence-corrected chi connectivity index (χ3v) is 2.24. The van der Waals surface area contributed by atoms with E-state index in [9.17, 15) is 4.79 Å². The highest BCUT2D eigenvalue weighted by Crippen LogP contribution is 2.29. The quantitative estimate of drug-likeness (QED) is 0.657. The molecule has 1 heterocycles. The molecule has 0 bridgehead atoms. The zero-order chi connectivity index (χ0) is 13.5. The van der Waals surface area contributed by atoms with Gasteiger partial charge in [-0.05, 0) is 13.8 Å². The maximum Gasteiger partial charge on any atom is 0.219 e. The number of nitrogens with zero attached hydrogens (tertiary/aromatic N) is 2. The highest BCUT2D eigenvalue weighted by molar-refractivity contribution is 5.75. The fraction of sp³-hybridized carbons (Fsp3) is 0.545. The Kier molecular flexibility index (Phi) is 5.16. The molecular weight excluding hydrogens is 234 g/mol. The van der Waals surface area contributed by atoms with Gasteiger partial charge in [-0.3, -0.25) is 4.79 Å². The van der Waals surface area contributed by atoms with Crippen molar-refractivity contribution in [2.75, 3.05) is 24.3 Å². The zero-order valence-corrected chi connectivity index (χ0v) is 10.9. The summed E-state index contributed by atoms with van der Waals surface area (Å²) in [6, 6.07) is -0.124. The van der Waals surface area contributed by atoms with E-state index in [-0.39, 0.29) is 18.4 Å². The lowest BCUT2D eigenvalue weighted by Crippen LogP contribution is -2.24. The van der Waals surface area contributed by atoms with Gasteiger partial charge in [0.05, 0.1) is 7.11 Å². The summed E-state index contributed by atoms with van der Waals surface area (Å²) in [4.78, 5) is 19.0. The third kappa shape index (κ3) is 3.76. The Bertz CT molecular complexity index is 410. The van der Waals surface area contributed by atoms with E-state index in [1.165, 1.54) is 6.33 Å². The summed E-state index contributed by atoms with van der Waals surface area (Å²) in [5.74, 6) is 1.31. The van der Waals surface area contributed by atoms with Gasteiger partial charge in [0.15, 0.2) is 11.6 Å². The number of methoxy groups -OCH3 is 1. The van der Waals surface area contributed by atoms with Crippen molar-refractivity contribution in [3.05, 3.63) is 6.33 Å². The van der Waals surface area contributed by atoms with Crippen LogP contribution in [0, 0.1) is 0 Å². The number of ether oxygens (including phenoxy) is 1. The molecule has 0 aliphatic rings. The molecule has 1 aromatic rings. The fourth-order valence-corrected chi connectivity index (χ4v) is 1.55. The Hall–Kier alpha value is -2.05. The molecule has 0 saturated heterocycles. The molecule has 18 heavy (non-hydrogen) atoms. The summed E-state index contributed by atoms with van der Waals surface area (Å²) in [5, 5.41) is 6.15. The van der Waals surface area contributed by atoms with Crippen LogP contribution in [0.3, 0.4) is 0 Å². The molecule has 7 heteroatoms. The molecule has 1 unspecified atom stereocenters. The van der Waals surface area contributed by atoms with E-state index in [4.69, 9.17) is 10.5 Å². The molecule has 7 nitrogen and oxygen atoms in total. The summed E-state index contributed by atoms with van der Waals surface area (Å²) in [6.07, 6.45) is 1.66. The van der Waals surface area contributed by atoms with Crippen LogP contribution in [0.25, 0.3) is 0 Å². The molecule has 0 spiro atoms. The van der Waals surface area contributed by atoms with Gasteiger partial charge in [-0.25, -0.2) is 9.97 Å². The highest BCUT2D eigenvalue weighted by Gasteiger charge is 2.14. The predicted octanol–water partition coefficient (Wildman–Crippen LogP) is 0.593. The van der Waals surface area contributed by atoms with E-state index >= 15 is 0 Å². The molecule has 1 rings (SSSR count). The van der Waals surface area contributed by atoms with Crippen molar-refractivity contribution in [1.29, 1.82) is 0 Å². The molecule has 0 aliphatic carbocycles. The van der Waals surface area contributed by atoms with E-state index in [0.29, 0.717) is 17.4 Å². The molecule has 100 valence electrons. The van der Waals surface area contributed by atoms with Gasteiger partial charge in [0.1, 0.15) is 6.33 Å². The van der Waals surface area contributed by atoms with Crippen LogP contribution < -0.4 is 21.1 Å². The summed E-state index contributed by atoms with van der Waals surface area (Å²) >= 11 is 0. The Morgan fingerprint density at radius 1 is 1.50 bits per heavy atom. The van der Waals surface area contributed by atoms with Gasteiger partial charge >= 0.3 is 0 Å². The van der Waals surface area contributed by atoms with Gasteiger partial charge < -0.3 is 21.1 Å². The Labute approximate surface area is 106 Å². The van der Waals surface area contributed by atoms with Crippen molar-refractivity contribution in [2.24, 2.45) is 5.73 Å². The van der Waals surface area contributed by atoms with E-state index in [0.717, 1.165) is 6.54 Å². The molecule has 1 amide bonds. The van der Waals surface area contributed by atoms with Crippen LogP contribution in [-0.4, -0.2) is 35.6 Å². The molecule has 4 N–H and O–H groups in total. The molecular formula is C11H19N5O2. The second-order valence-electron chi connectivity index (χ2n) is 3.85. The van der Waals surface area contributed by atoms with Crippen LogP contribution in [0.2, 0.25) is 0 Å². The van der Waals surface area contributed by atoms with Crippen molar-refractivity contribution >= 4 is 17.5 Å². The van der Waals surface area contributed by atoms with Gasteiger partial charge in [0.2, 0.25) is 11.7 Å². The minimum Gasteiger partial charge on any atom is -0.490 e. The van der Waals surface area contributed by atoms with E-state index in [2.05, 4.69) is 20.6 Å². The second-order valence-corrected chi connectivity index (χ2v) is 3.85. The van der Waals surface area contributed by atoms with Crippen LogP contribution in [0.1, 0.15) is 20.3 Å². The number of primary amides is 1. The minimum absolute atomic E-state index is 0.124. The van der Waals surface area contributed by atoms with E-state index < -0.39 is 0 Å². The number of nitrogens with two attached hydrogens (primary N) is 1. The SMILES string of the molecule is CCNc1ncnc(NC(C)CC(N)=O)c1OC. The number of carbonyl (C=O) groups is 1. The lowest BCUT2D eigenvalue weighted by Gasteiger charge is -2.17. The Morgan fingerprint density at radius 2 is 2.17 bits per heavy atom. The molecule has 0 saturated carbocycles. The van der Waals surface area contributed by atoms with Crippen molar-refractivity contribution in [1.82, 2.24) is 9.97 Å². The van der Waals surface area contributed by atoms with E-state index in [1.807, 2.05) is 13.8 Å². The van der Waals surface area contributed by atoms with Crippen LogP contribution in [0.4, 0.5) is 11.6 Å². The molecule has 0 fully saturated rings. The summed E-state index contributed by atoms with van der Waals surface area (Å²) in [6.45, 7) is 4.53. The number of nitrogens with one attached hydrogen (secondary N) is 2. The lowest BCUT2D eigenvalue weighted by atomic mass is 10.2. The molecule has 1 aromatic heterocycles. The molecule has 0 radical (unpaired) electrons. The number of carbonyl (C=O) groups excluding carboxylic acids is 1. The van der Waals surface area contributed by atoms with Crippen LogP contribution in [0.15, 0.2) is 6.33 Å². The van der Waals surface area contributed by atoms with Gasteiger partial charge in [0, 0.05) is 19.0 Å². The highest BCUT2D eigenvalue weighted by atomic mass is 16.5.